The first-order valence-electron chi connectivity index (χ1n) is 15.0. The van der Waals surface area contributed by atoms with Crippen molar-refractivity contribution in [2.45, 2.75) is 34.7 Å². The van der Waals surface area contributed by atoms with Gasteiger partial charge in [0.2, 0.25) is 0 Å². The Kier molecular flexibility index (Phi) is 1.38. The van der Waals surface area contributed by atoms with Crippen LogP contribution in [0.4, 0.5) is 0 Å². The number of benzene rings is 4. The fourth-order valence-electron chi connectivity index (χ4n) is 28.9. The van der Waals surface area contributed by atoms with Crippen LogP contribution in [0, 0.1) is 0 Å². The van der Waals surface area contributed by atoms with Gasteiger partial charge in [-0.3, -0.25) is 0 Å². The van der Waals surface area contributed by atoms with Crippen LogP contribution in [0.25, 0.3) is 0 Å². The van der Waals surface area contributed by atoms with E-state index < -0.39 is 11.4 Å². The van der Waals surface area contributed by atoms with Gasteiger partial charge < -0.3 is 0 Å². The minimum atomic E-state index is -4.44. The summed E-state index contributed by atoms with van der Waals surface area (Å²) in [6.45, 7) is 0. The van der Waals surface area contributed by atoms with Crippen LogP contribution in [0.3, 0.4) is 0 Å². The van der Waals surface area contributed by atoms with Crippen molar-refractivity contribution in [2.24, 2.45) is 0 Å². The summed E-state index contributed by atoms with van der Waals surface area (Å²) in [7, 11) is -0.598. The molecule has 0 aromatic heterocycles. The van der Waals surface area contributed by atoms with Crippen molar-refractivity contribution < 1.29 is 11.4 Å². The van der Waals surface area contributed by atoms with Crippen molar-refractivity contribution in [3.05, 3.63) is 121 Å². The first-order chi connectivity index (χ1) is 18.1. The van der Waals surface area contributed by atoms with Crippen LogP contribution in [-0.2, 0) is 11.4 Å². The Morgan fingerprint density at radius 1 is 0.378 bits per heavy atom. The van der Waals surface area contributed by atoms with Crippen LogP contribution in [0.15, 0.2) is 121 Å². The molecule has 4 atom stereocenters. The summed E-state index contributed by atoms with van der Waals surface area (Å²) in [6, 6.07) is 48.2. The van der Waals surface area contributed by atoms with Crippen LogP contribution < -0.4 is 21.2 Å². The summed E-state index contributed by atoms with van der Waals surface area (Å²) in [5.74, 6) is 0. The molecule has 0 radical (unpaired) electrons. The minimum absolute atomic E-state index is 0.299. The molecule has 4 aromatic carbocycles. The molecule has 0 aliphatic carbocycles. The van der Waals surface area contributed by atoms with Crippen molar-refractivity contribution in [2.75, 3.05) is 0 Å². The second kappa shape index (κ2) is 2.83. The van der Waals surface area contributed by atoms with E-state index in [0.717, 1.165) is 5.73 Å². The molecule has 14 rings (SSSR count). The fourth-order valence-corrected chi connectivity index (χ4v) is 309. The Bertz CT molecular complexity index is 1900. The molecule has 0 bridgehead atoms. The first-order valence-corrected chi connectivity index (χ1v) is 31.4. The molecule has 178 valence electrons. The van der Waals surface area contributed by atoms with Crippen molar-refractivity contribution >= 4 is 37.1 Å². The molecule has 0 N–H and O–H groups in total. The van der Waals surface area contributed by atoms with Gasteiger partial charge in [0.05, 0.1) is 0 Å². The second-order valence-corrected chi connectivity index (χ2v) is 77.3. The molecule has 0 saturated carbocycles. The average molecular weight is 590 g/mol. The number of hydrogen-bond acceptors (Lipinski definition) is 0. The third kappa shape index (κ3) is 0.452. The van der Waals surface area contributed by atoms with Crippen molar-refractivity contribution in [3.63, 3.8) is 0 Å². The third-order valence-electron chi connectivity index (χ3n) is 25.0. The maximum atomic E-state index is 2.55. The van der Waals surface area contributed by atoms with Gasteiger partial charge in [-0.05, 0) is 0 Å². The Labute approximate surface area is 203 Å². The summed E-state index contributed by atoms with van der Waals surface area (Å²) in [6.07, 6.45) is 0. The quantitative estimate of drug-likeness (QED) is 0.205. The molecule has 3 heteroatoms. The average Bonchev–Trinajstić information content (AvgIpc) is 3.92. The molecule has 10 saturated heterocycles. The molecule has 4 aromatic rings. The third-order valence-corrected chi connectivity index (χ3v) is 143. The Morgan fingerprint density at radius 3 is 0.865 bits per heavy atom. The Morgan fingerprint density at radius 2 is 0.649 bits per heavy atom. The molecule has 10 aliphatic rings. The van der Waals surface area contributed by atoms with E-state index in [-0.39, 0.29) is 15.8 Å². The van der Waals surface area contributed by atoms with Crippen LogP contribution >= 0.6 is 15.8 Å². The number of hydrogen-bond donors (Lipinski definition) is 0. The van der Waals surface area contributed by atoms with E-state index in [0.29, 0.717) is 0 Å². The van der Waals surface area contributed by atoms with Gasteiger partial charge in [0, 0.05) is 0 Å². The molecule has 10 aliphatic heterocycles. The van der Waals surface area contributed by atoms with Gasteiger partial charge in [0.15, 0.2) is 0 Å². The summed E-state index contributed by atoms with van der Waals surface area (Å²) in [5, 5.41) is 6.89. The summed E-state index contributed by atoms with van der Waals surface area (Å²) < 4.78 is 12.0. The van der Waals surface area contributed by atoms with Gasteiger partial charge >= 0.3 is 204 Å². The zero-order valence-corrected chi connectivity index (χ0v) is 24.8. The second-order valence-electron chi connectivity index (χ2n) is 18.8. The zero-order chi connectivity index (χ0) is 23.5. The molecule has 0 nitrogen and oxygen atoms in total. The molecule has 1 spiro atoms. The standard InChI is InChI=1S/C29H23P2.C5H5.Zr/c1-5-14-24(15-6-1)30(25-16-7-2-8-17-25)28-22-13-23-29(28)31(26-18-9-3-10-19-26)27-20-11-4-12-21-27;1-2-4-5-3-1;/h1-23H;1-5H;. The maximum absolute atomic E-state index is 4.44. The topological polar surface area (TPSA) is 0 Å². The first kappa shape index (κ1) is 18.1. The van der Waals surface area contributed by atoms with E-state index >= 15 is 0 Å². The molecule has 4 unspecified atom stereocenters. The predicted octanol–water partition coefficient (Wildman–Crippen LogP) is 7.46. The van der Waals surface area contributed by atoms with Gasteiger partial charge in [-0.25, -0.2) is 0 Å². The van der Waals surface area contributed by atoms with Crippen LogP contribution in [0.1, 0.15) is 0 Å². The van der Waals surface area contributed by atoms with Crippen LogP contribution in [0.5, 0.6) is 0 Å². The predicted molar refractivity (Wildman–Crippen MR) is 154 cm³/mol. The van der Waals surface area contributed by atoms with E-state index in [4.69, 9.17) is 0 Å². The fraction of sp³-hybridized carbons (Fsp3) is 0.294. The Balaban J connectivity index is 1.17. The van der Waals surface area contributed by atoms with E-state index in [2.05, 4.69) is 121 Å². The van der Waals surface area contributed by atoms with E-state index in [1.807, 2.05) is 0 Å². The molecule has 10 heterocycles. The summed E-state index contributed by atoms with van der Waals surface area (Å²) in [4.78, 5) is 0. The van der Waals surface area contributed by atoms with Gasteiger partial charge in [-0.2, -0.15) is 0 Å². The van der Waals surface area contributed by atoms with Gasteiger partial charge in [0.25, 0.3) is 0 Å². The molecule has 0 amide bonds. The number of rotatable bonds is 6. The zero-order valence-electron chi connectivity index (χ0n) is 20.6. The van der Waals surface area contributed by atoms with Crippen molar-refractivity contribution in [1.29, 1.82) is 0 Å². The monoisotopic (exact) mass is 588 g/mol. The van der Waals surface area contributed by atoms with Crippen LogP contribution in [0.2, 0.25) is 29.0 Å². The molecule has 37 heavy (non-hydrogen) atoms. The normalized spacial score (nSPS) is 63.1. The summed E-state index contributed by atoms with van der Waals surface area (Å²) in [5.41, 5.74) is 0. The Hall–Kier alpha value is -1.38. The van der Waals surface area contributed by atoms with Gasteiger partial charge in [0.1, 0.15) is 0 Å². The summed E-state index contributed by atoms with van der Waals surface area (Å²) >= 11 is -4.44. The van der Waals surface area contributed by atoms with Gasteiger partial charge in [-0.1, -0.05) is 0 Å². The number of fused-ring (bicyclic) bond motifs is 10. The molecular formula is C34H28P2Zr. The van der Waals surface area contributed by atoms with Crippen molar-refractivity contribution in [3.8, 4) is 0 Å². The van der Waals surface area contributed by atoms with E-state index in [9.17, 15) is 0 Å². The van der Waals surface area contributed by atoms with E-state index in [1.165, 1.54) is 29.0 Å². The SMILES string of the molecule is c1ccc(P(c2ccccc2)[C]23[CH]4[CH]5[CH]6[C]2(P(c2ccccc2)c2ccccc2)[Zr]54632789[CH]3[CH]2[CH]7[CH]8[CH]39)cc1. The molecular weight excluding hydrogens is 562 g/mol. The van der Waals surface area contributed by atoms with Gasteiger partial charge in [-0.15, -0.1) is 0 Å². The van der Waals surface area contributed by atoms with Crippen LogP contribution in [-0.4, -0.2) is 5.73 Å². The molecule has 10 fully saturated rings. The van der Waals surface area contributed by atoms with Crippen molar-refractivity contribution in [1.82, 2.24) is 0 Å². The van der Waals surface area contributed by atoms with E-state index in [1.54, 1.807) is 21.2 Å².